The predicted molar refractivity (Wildman–Crippen MR) is 131 cm³/mol. The third-order valence-corrected chi connectivity index (χ3v) is 7.22. The fraction of sp³-hybridized carbons (Fsp3) is 0.167. The maximum Gasteiger partial charge on any atom is 0.262 e. The summed E-state index contributed by atoms with van der Waals surface area (Å²) in [4.78, 5) is 43.3. The first-order chi connectivity index (χ1) is 15.3. The number of rotatable bonds is 6. The fourth-order valence-corrected chi connectivity index (χ4v) is 5.09. The van der Waals surface area contributed by atoms with E-state index in [1.54, 1.807) is 38.2 Å². The number of carbonyl (C=O) groups is 2. The standard InChI is InChI=1S/C24H21N3O3S2/c1-14(28)16-9-11-18(12-10-16)25-21(29)15(2)31-24-26-22-19(23(30)27(24)3)13-20(32-22)17-7-5-4-6-8-17/h4-13,15H,1-3H3,(H,25,29). The van der Waals surface area contributed by atoms with Gasteiger partial charge in [-0.15, -0.1) is 11.3 Å². The Hall–Kier alpha value is -3.23. The molecule has 32 heavy (non-hydrogen) atoms. The van der Waals surface area contributed by atoms with Crippen molar-refractivity contribution in [3.8, 4) is 10.4 Å². The summed E-state index contributed by atoms with van der Waals surface area (Å²) in [6.45, 7) is 3.26. The van der Waals surface area contributed by atoms with Gasteiger partial charge in [-0.1, -0.05) is 42.1 Å². The van der Waals surface area contributed by atoms with Gasteiger partial charge >= 0.3 is 0 Å². The Morgan fingerprint density at radius 1 is 1.09 bits per heavy atom. The molecule has 0 aliphatic heterocycles. The third-order valence-electron chi connectivity index (χ3n) is 5.00. The van der Waals surface area contributed by atoms with Crippen LogP contribution in [0.4, 0.5) is 5.69 Å². The molecule has 4 rings (SSSR count). The van der Waals surface area contributed by atoms with Gasteiger partial charge in [0.2, 0.25) is 5.91 Å². The van der Waals surface area contributed by atoms with E-state index in [4.69, 9.17) is 0 Å². The molecule has 6 nitrogen and oxygen atoms in total. The van der Waals surface area contributed by atoms with E-state index in [0.717, 1.165) is 10.4 Å². The number of amides is 1. The summed E-state index contributed by atoms with van der Waals surface area (Å²) in [5, 5.41) is 3.42. The van der Waals surface area contributed by atoms with Crippen LogP contribution in [0.5, 0.6) is 0 Å². The van der Waals surface area contributed by atoms with E-state index in [1.165, 1.54) is 34.6 Å². The molecule has 4 aromatic rings. The molecule has 1 N–H and O–H groups in total. The molecule has 0 radical (unpaired) electrons. The highest BCUT2D eigenvalue weighted by Gasteiger charge is 2.20. The van der Waals surface area contributed by atoms with E-state index < -0.39 is 5.25 Å². The molecule has 1 unspecified atom stereocenters. The molecule has 0 spiro atoms. The minimum absolute atomic E-state index is 0.0295. The fourth-order valence-electron chi connectivity index (χ4n) is 3.14. The number of benzene rings is 2. The van der Waals surface area contributed by atoms with Crippen molar-refractivity contribution in [2.24, 2.45) is 7.05 Å². The van der Waals surface area contributed by atoms with Gasteiger partial charge in [-0.05, 0) is 49.7 Å². The van der Waals surface area contributed by atoms with Crippen LogP contribution in [0, 0.1) is 0 Å². The highest BCUT2D eigenvalue weighted by molar-refractivity contribution is 8.00. The lowest BCUT2D eigenvalue weighted by atomic mass is 10.1. The zero-order valence-electron chi connectivity index (χ0n) is 17.8. The van der Waals surface area contributed by atoms with Crippen molar-refractivity contribution in [3.05, 3.63) is 76.6 Å². The van der Waals surface area contributed by atoms with Gasteiger partial charge in [0.25, 0.3) is 5.56 Å². The molecule has 1 amide bonds. The largest absolute Gasteiger partial charge is 0.325 e. The van der Waals surface area contributed by atoms with Gasteiger partial charge in [0.15, 0.2) is 10.9 Å². The molecule has 0 bridgehead atoms. The molecule has 2 heterocycles. The molecule has 0 saturated carbocycles. The number of aromatic nitrogens is 2. The number of thioether (sulfide) groups is 1. The van der Waals surface area contributed by atoms with Crippen molar-refractivity contribution in [2.45, 2.75) is 24.3 Å². The van der Waals surface area contributed by atoms with Crippen molar-refractivity contribution >= 4 is 50.7 Å². The van der Waals surface area contributed by atoms with Gasteiger partial charge in [0.1, 0.15) is 4.83 Å². The van der Waals surface area contributed by atoms with Crippen LogP contribution in [0.1, 0.15) is 24.2 Å². The lowest BCUT2D eigenvalue weighted by Crippen LogP contribution is -2.25. The summed E-state index contributed by atoms with van der Waals surface area (Å²) in [7, 11) is 1.67. The number of ketones is 1. The van der Waals surface area contributed by atoms with Crippen LogP contribution in [0.2, 0.25) is 0 Å². The Kier molecular flexibility index (Phi) is 6.25. The first-order valence-electron chi connectivity index (χ1n) is 9.98. The van der Waals surface area contributed by atoms with Crippen molar-refractivity contribution < 1.29 is 9.59 Å². The highest BCUT2D eigenvalue weighted by atomic mass is 32.2. The van der Waals surface area contributed by atoms with Crippen molar-refractivity contribution in [3.63, 3.8) is 0 Å². The second-order valence-corrected chi connectivity index (χ2v) is 9.68. The number of carbonyl (C=O) groups excluding carboxylic acids is 2. The zero-order valence-corrected chi connectivity index (χ0v) is 19.4. The molecular weight excluding hydrogens is 442 g/mol. The van der Waals surface area contributed by atoms with Crippen LogP contribution in [-0.2, 0) is 11.8 Å². The van der Waals surface area contributed by atoms with Crippen LogP contribution in [0.25, 0.3) is 20.7 Å². The van der Waals surface area contributed by atoms with Crippen molar-refractivity contribution in [1.29, 1.82) is 0 Å². The summed E-state index contributed by atoms with van der Waals surface area (Å²) in [5.41, 5.74) is 2.10. The van der Waals surface area contributed by atoms with Gasteiger partial charge in [-0.2, -0.15) is 0 Å². The van der Waals surface area contributed by atoms with E-state index in [2.05, 4.69) is 10.3 Å². The first kappa shape index (κ1) is 22.0. The SMILES string of the molecule is CC(=O)c1ccc(NC(=O)C(C)Sc2nc3sc(-c4ccccc4)cc3c(=O)n2C)cc1. The minimum atomic E-state index is -0.480. The molecule has 162 valence electrons. The van der Waals surface area contributed by atoms with Crippen LogP contribution in [0.15, 0.2) is 70.6 Å². The molecule has 8 heteroatoms. The monoisotopic (exact) mass is 463 g/mol. The van der Waals surface area contributed by atoms with Crippen LogP contribution in [-0.4, -0.2) is 26.5 Å². The van der Waals surface area contributed by atoms with E-state index in [0.29, 0.717) is 26.6 Å². The van der Waals surface area contributed by atoms with Gasteiger partial charge in [0, 0.05) is 23.2 Å². The number of Topliss-reactive ketones (excluding diaryl/α,β-unsaturated/α-hetero) is 1. The number of hydrogen-bond donors (Lipinski definition) is 1. The van der Waals surface area contributed by atoms with Crippen LogP contribution < -0.4 is 10.9 Å². The number of anilines is 1. The predicted octanol–water partition coefficient (Wildman–Crippen LogP) is 4.98. The van der Waals surface area contributed by atoms with Crippen LogP contribution in [0.3, 0.4) is 0 Å². The number of nitrogens with zero attached hydrogens (tertiary/aromatic N) is 2. The van der Waals surface area contributed by atoms with E-state index in [-0.39, 0.29) is 17.2 Å². The maximum atomic E-state index is 12.9. The normalized spacial score (nSPS) is 12.0. The van der Waals surface area contributed by atoms with Gasteiger partial charge in [-0.25, -0.2) is 4.98 Å². The Balaban J connectivity index is 1.55. The Morgan fingerprint density at radius 3 is 2.44 bits per heavy atom. The molecular formula is C24H21N3O3S2. The lowest BCUT2D eigenvalue weighted by Gasteiger charge is -2.13. The average molecular weight is 464 g/mol. The number of thiophene rings is 1. The van der Waals surface area contributed by atoms with E-state index in [9.17, 15) is 14.4 Å². The van der Waals surface area contributed by atoms with Crippen molar-refractivity contribution in [2.75, 3.05) is 5.32 Å². The molecule has 1 atom stereocenters. The summed E-state index contributed by atoms with van der Waals surface area (Å²) < 4.78 is 1.49. The lowest BCUT2D eigenvalue weighted by molar-refractivity contribution is -0.115. The number of nitrogens with one attached hydrogen (secondary N) is 1. The Labute approximate surface area is 193 Å². The second-order valence-electron chi connectivity index (χ2n) is 7.34. The second kappa shape index (κ2) is 9.10. The summed E-state index contributed by atoms with van der Waals surface area (Å²) in [6.07, 6.45) is 0. The quantitative estimate of drug-likeness (QED) is 0.248. The van der Waals surface area contributed by atoms with Gasteiger partial charge in [-0.3, -0.25) is 19.0 Å². The summed E-state index contributed by atoms with van der Waals surface area (Å²) in [6, 6.07) is 18.5. The molecule has 0 fully saturated rings. The minimum Gasteiger partial charge on any atom is -0.325 e. The average Bonchev–Trinajstić information content (AvgIpc) is 3.22. The number of hydrogen-bond acceptors (Lipinski definition) is 6. The molecule has 0 aliphatic carbocycles. The smallest absolute Gasteiger partial charge is 0.262 e. The maximum absolute atomic E-state index is 12.9. The number of fused-ring (bicyclic) bond motifs is 1. The molecule has 2 aromatic heterocycles. The Morgan fingerprint density at radius 2 is 1.78 bits per heavy atom. The van der Waals surface area contributed by atoms with Gasteiger partial charge in [0.05, 0.1) is 10.6 Å². The van der Waals surface area contributed by atoms with E-state index in [1.807, 2.05) is 36.4 Å². The Bertz CT molecular complexity index is 1360. The third kappa shape index (κ3) is 4.51. The van der Waals surface area contributed by atoms with Crippen molar-refractivity contribution in [1.82, 2.24) is 9.55 Å². The van der Waals surface area contributed by atoms with Crippen LogP contribution >= 0.6 is 23.1 Å². The van der Waals surface area contributed by atoms with E-state index >= 15 is 0 Å². The topological polar surface area (TPSA) is 81.1 Å². The molecule has 0 saturated heterocycles. The van der Waals surface area contributed by atoms with Gasteiger partial charge < -0.3 is 5.32 Å². The summed E-state index contributed by atoms with van der Waals surface area (Å²) >= 11 is 2.70. The molecule has 2 aromatic carbocycles. The highest BCUT2D eigenvalue weighted by Crippen LogP contribution is 2.32. The summed E-state index contributed by atoms with van der Waals surface area (Å²) in [5.74, 6) is -0.241. The molecule has 0 aliphatic rings. The zero-order chi connectivity index (χ0) is 22.8. The first-order valence-corrected chi connectivity index (χ1v) is 11.7.